The second-order valence-electron chi connectivity index (χ2n) is 3.39. The van der Waals surface area contributed by atoms with E-state index in [0.29, 0.717) is 5.92 Å². The van der Waals surface area contributed by atoms with E-state index in [0.717, 1.165) is 38.4 Å². The average molecular weight is 169 g/mol. The van der Waals surface area contributed by atoms with E-state index >= 15 is 0 Å². The summed E-state index contributed by atoms with van der Waals surface area (Å²) in [7, 11) is 0. The van der Waals surface area contributed by atoms with Crippen LogP contribution in [0.5, 0.6) is 0 Å². The van der Waals surface area contributed by atoms with Gasteiger partial charge in [0.2, 0.25) is 0 Å². The molecular formula is C9H15NO2. The van der Waals surface area contributed by atoms with Gasteiger partial charge in [0, 0.05) is 18.9 Å². The number of hydrogen-bond donors (Lipinski definition) is 1. The Bertz CT molecular complexity index is 185. The molecule has 2 N–H and O–H groups in total. The fourth-order valence-corrected chi connectivity index (χ4v) is 1.74. The molecular weight excluding hydrogens is 154 g/mol. The van der Waals surface area contributed by atoms with Gasteiger partial charge in [-0.05, 0) is 12.5 Å². The summed E-state index contributed by atoms with van der Waals surface area (Å²) >= 11 is 0. The highest BCUT2D eigenvalue weighted by atomic mass is 16.5. The van der Waals surface area contributed by atoms with Crippen molar-refractivity contribution in [3.63, 3.8) is 0 Å². The summed E-state index contributed by atoms with van der Waals surface area (Å²) in [5, 5.41) is 0. The first-order chi connectivity index (χ1) is 5.88. The van der Waals surface area contributed by atoms with Crippen molar-refractivity contribution >= 4 is 0 Å². The second-order valence-corrected chi connectivity index (χ2v) is 3.39. The largest absolute Gasteiger partial charge is 0.496 e. The van der Waals surface area contributed by atoms with Gasteiger partial charge in [-0.15, -0.1) is 0 Å². The van der Waals surface area contributed by atoms with Gasteiger partial charge in [0.25, 0.3) is 0 Å². The molecule has 2 aliphatic heterocycles. The van der Waals surface area contributed by atoms with Gasteiger partial charge in [-0.2, -0.15) is 0 Å². The quantitative estimate of drug-likeness (QED) is 0.660. The predicted molar refractivity (Wildman–Crippen MR) is 45.6 cm³/mol. The van der Waals surface area contributed by atoms with Crippen LogP contribution < -0.4 is 5.73 Å². The van der Waals surface area contributed by atoms with Crippen molar-refractivity contribution < 1.29 is 9.47 Å². The van der Waals surface area contributed by atoms with Crippen LogP contribution in [0.4, 0.5) is 0 Å². The maximum Gasteiger partial charge on any atom is 0.109 e. The summed E-state index contributed by atoms with van der Waals surface area (Å²) in [5.41, 5.74) is 6.01. The topological polar surface area (TPSA) is 44.5 Å². The highest BCUT2D eigenvalue weighted by Gasteiger charge is 2.27. The van der Waals surface area contributed by atoms with Crippen LogP contribution in [0, 0.1) is 5.92 Å². The molecule has 0 saturated carbocycles. The fourth-order valence-electron chi connectivity index (χ4n) is 1.74. The average Bonchev–Trinajstić information content (AvgIpc) is 2.77. The van der Waals surface area contributed by atoms with E-state index in [9.17, 15) is 0 Å². The number of ether oxygens (including phenoxy) is 2. The molecule has 2 aliphatic rings. The summed E-state index contributed by atoms with van der Waals surface area (Å²) in [6.45, 7) is 2.45. The van der Waals surface area contributed by atoms with Crippen molar-refractivity contribution in [3.8, 4) is 0 Å². The Hall–Kier alpha value is -0.540. The van der Waals surface area contributed by atoms with Gasteiger partial charge >= 0.3 is 0 Å². The Morgan fingerprint density at radius 3 is 3.00 bits per heavy atom. The molecule has 0 radical (unpaired) electrons. The first kappa shape index (κ1) is 8.08. The van der Waals surface area contributed by atoms with Crippen molar-refractivity contribution in [2.45, 2.75) is 18.9 Å². The monoisotopic (exact) mass is 169 g/mol. The van der Waals surface area contributed by atoms with Gasteiger partial charge in [-0.25, -0.2) is 0 Å². The molecule has 2 rings (SSSR count). The summed E-state index contributed by atoms with van der Waals surface area (Å²) in [6, 6.07) is 0.0648. The molecule has 1 fully saturated rings. The molecule has 2 atom stereocenters. The van der Waals surface area contributed by atoms with E-state index in [2.05, 4.69) is 6.08 Å². The maximum absolute atomic E-state index is 6.01. The van der Waals surface area contributed by atoms with Gasteiger partial charge in [-0.1, -0.05) is 0 Å². The molecule has 2 unspecified atom stereocenters. The van der Waals surface area contributed by atoms with E-state index in [1.807, 2.05) is 0 Å². The van der Waals surface area contributed by atoms with Gasteiger partial charge in [-0.3, -0.25) is 0 Å². The zero-order valence-corrected chi connectivity index (χ0v) is 7.16. The number of hydrogen-bond acceptors (Lipinski definition) is 3. The molecule has 3 nitrogen and oxygen atoms in total. The first-order valence-corrected chi connectivity index (χ1v) is 4.54. The molecule has 68 valence electrons. The van der Waals surface area contributed by atoms with E-state index in [-0.39, 0.29) is 6.04 Å². The zero-order chi connectivity index (χ0) is 8.39. The van der Waals surface area contributed by atoms with Gasteiger partial charge in [0.05, 0.1) is 19.3 Å². The third kappa shape index (κ3) is 1.47. The van der Waals surface area contributed by atoms with E-state index in [1.165, 1.54) is 0 Å². The van der Waals surface area contributed by atoms with Gasteiger partial charge < -0.3 is 15.2 Å². The van der Waals surface area contributed by atoms with Crippen molar-refractivity contribution in [2.24, 2.45) is 11.7 Å². The number of nitrogens with two attached hydrogens (primary N) is 1. The Morgan fingerprint density at radius 2 is 2.42 bits per heavy atom. The Morgan fingerprint density at radius 1 is 1.50 bits per heavy atom. The standard InChI is InChI=1S/C9H15NO2/c10-9(7-3-5-11-6-7)8-2-1-4-12-8/h2,7,9H,1,3-6,10H2. The second kappa shape index (κ2) is 3.46. The lowest BCUT2D eigenvalue weighted by molar-refractivity contribution is 0.168. The third-order valence-corrected chi connectivity index (χ3v) is 2.53. The SMILES string of the molecule is NC(C1=CCCO1)C1CCOC1. The van der Waals surface area contributed by atoms with Crippen molar-refractivity contribution in [1.82, 2.24) is 0 Å². The lowest BCUT2D eigenvalue weighted by Gasteiger charge is -2.18. The Kier molecular flexibility index (Phi) is 2.33. The molecule has 3 heteroatoms. The van der Waals surface area contributed by atoms with Crippen LogP contribution in [-0.4, -0.2) is 25.9 Å². The molecule has 12 heavy (non-hydrogen) atoms. The smallest absolute Gasteiger partial charge is 0.109 e. The minimum absolute atomic E-state index is 0.0648. The molecule has 0 aliphatic carbocycles. The highest BCUT2D eigenvalue weighted by molar-refractivity contribution is 5.08. The Balaban J connectivity index is 1.93. The van der Waals surface area contributed by atoms with Gasteiger partial charge in [0.1, 0.15) is 5.76 Å². The van der Waals surface area contributed by atoms with Crippen LogP contribution >= 0.6 is 0 Å². The zero-order valence-electron chi connectivity index (χ0n) is 7.16. The minimum Gasteiger partial charge on any atom is -0.496 e. The highest BCUT2D eigenvalue weighted by Crippen LogP contribution is 2.23. The molecule has 1 saturated heterocycles. The molecule has 2 heterocycles. The first-order valence-electron chi connectivity index (χ1n) is 4.54. The van der Waals surface area contributed by atoms with Crippen LogP contribution in [0.1, 0.15) is 12.8 Å². The molecule has 0 aromatic heterocycles. The van der Waals surface area contributed by atoms with Crippen molar-refractivity contribution in [2.75, 3.05) is 19.8 Å². The van der Waals surface area contributed by atoms with Crippen LogP contribution in [0.15, 0.2) is 11.8 Å². The van der Waals surface area contributed by atoms with Crippen LogP contribution in [-0.2, 0) is 9.47 Å². The molecule has 0 amide bonds. The summed E-state index contributed by atoms with van der Waals surface area (Å²) < 4.78 is 10.7. The van der Waals surface area contributed by atoms with Crippen molar-refractivity contribution in [3.05, 3.63) is 11.8 Å². The van der Waals surface area contributed by atoms with E-state index in [1.54, 1.807) is 0 Å². The molecule has 0 aromatic carbocycles. The summed E-state index contributed by atoms with van der Waals surface area (Å²) in [4.78, 5) is 0. The normalized spacial score (nSPS) is 31.4. The lowest BCUT2D eigenvalue weighted by Crippen LogP contribution is -2.32. The van der Waals surface area contributed by atoms with Crippen LogP contribution in [0.3, 0.4) is 0 Å². The third-order valence-electron chi connectivity index (χ3n) is 2.53. The molecule has 0 aromatic rings. The van der Waals surface area contributed by atoms with Gasteiger partial charge in [0.15, 0.2) is 0 Å². The molecule has 0 spiro atoms. The summed E-state index contributed by atoms with van der Waals surface area (Å²) in [6.07, 6.45) is 4.18. The fraction of sp³-hybridized carbons (Fsp3) is 0.778. The maximum atomic E-state index is 6.01. The lowest BCUT2D eigenvalue weighted by atomic mass is 9.98. The minimum atomic E-state index is 0.0648. The number of rotatable bonds is 2. The summed E-state index contributed by atoms with van der Waals surface area (Å²) in [5.74, 6) is 1.44. The van der Waals surface area contributed by atoms with Crippen LogP contribution in [0.25, 0.3) is 0 Å². The van der Waals surface area contributed by atoms with E-state index in [4.69, 9.17) is 15.2 Å². The van der Waals surface area contributed by atoms with E-state index < -0.39 is 0 Å². The van der Waals surface area contributed by atoms with Crippen LogP contribution in [0.2, 0.25) is 0 Å². The predicted octanol–water partition coefficient (Wildman–Crippen LogP) is 0.654. The Labute approximate surface area is 72.5 Å². The molecule has 0 bridgehead atoms. The van der Waals surface area contributed by atoms with Crippen molar-refractivity contribution in [1.29, 1.82) is 0 Å².